The molecule has 2 aromatic heterocycles. The van der Waals surface area contributed by atoms with E-state index < -0.39 is 12.3 Å². The zero-order valence-electron chi connectivity index (χ0n) is 9.56. The van der Waals surface area contributed by atoms with Crippen LogP contribution in [0.5, 0.6) is 0 Å². The van der Waals surface area contributed by atoms with Crippen LogP contribution in [0.25, 0.3) is 11.2 Å². The number of rotatable bonds is 5. The van der Waals surface area contributed by atoms with Gasteiger partial charge in [-0.2, -0.15) is 0 Å². The fourth-order valence-electron chi connectivity index (χ4n) is 1.47. The van der Waals surface area contributed by atoms with Crippen LogP contribution in [0.1, 0.15) is 13.2 Å². The summed E-state index contributed by atoms with van der Waals surface area (Å²) in [5.74, 6) is 0.215. The van der Waals surface area contributed by atoms with Gasteiger partial charge in [0.05, 0.1) is 6.33 Å². The van der Waals surface area contributed by atoms with Crippen LogP contribution in [0.4, 0.5) is 5.82 Å². The first-order chi connectivity index (χ1) is 8.67. The van der Waals surface area contributed by atoms with Crippen molar-refractivity contribution in [1.82, 2.24) is 19.5 Å². The van der Waals surface area contributed by atoms with Gasteiger partial charge in [0.15, 0.2) is 24.0 Å². The molecule has 0 aliphatic carbocycles. The minimum absolute atomic E-state index is 0.215. The Kier molecular flexibility index (Phi) is 3.28. The van der Waals surface area contributed by atoms with E-state index >= 15 is 0 Å². The quantitative estimate of drug-likeness (QED) is 0.724. The van der Waals surface area contributed by atoms with Crippen LogP contribution in [-0.2, 0) is 14.3 Å². The third kappa shape index (κ3) is 2.05. The number of anilines is 1. The molecule has 18 heavy (non-hydrogen) atoms. The molecule has 0 radical (unpaired) electrons. The van der Waals surface area contributed by atoms with Gasteiger partial charge < -0.3 is 15.3 Å². The summed E-state index contributed by atoms with van der Waals surface area (Å²) in [5.41, 5.74) is 6.38. The largest absolute Gasteiger partial charge is 0.382 e. The van der Waals surface area contributed by atoms with Crippen LogP contribution in [-0.4, -0.2) is 38.2 Å². The van der Waals surface area contributed by atoms with Crippen molar-refractivity contribution in [2.45, 2.75) is 19.3 Å². The predicted octanol–water partition coefficient (Wildman–Crippen LogP) is -0.290. The molecule has 0 aromatic carbocycles. The van der Waals surface area contributed by atoms with E-state index in [0.29, 0.717) is 23.7 Å². The first-order valence-electron chi connectivity index (χ1n) is 5.16. The van der Waals surface area contributed by atoms with Gasteiger partial charge in [-0.15, -0.1) is 0 Å². The minimum Gasteiger partial charge on any atom is -0.382 e. The monoisotopic (exact) mass is 249 g/mol. The lowest BCUT2D eigenvalue weighted by Gasteiger charge is -2.15. The molecule has 0 saturated heterocycles. The molecule has 0 unspecified atom stereocenters. The van der Waals surface area contributed by atoms with E-state index in [1.807, 2.05) is 0 Å². The second-order valence-corrected chi connectivity index (χ2v) is 3.59. The Bertz CT molecular complexity index is 582. The van der Waals surface area contributed by atoms with Gasteiger partial charge in [-0.25, -0.2) is 15.0 Å². The standard InChI is InChI=1S/C10H11N5O3/c1-6(2-16)18-7(3-17)15-5-14-8-9(11)12-4-13-10(8)15/h2-7H,1H3,(H2,11,12,13)/t6-,7-/m0/s1. The number of imidazole rings is 1. The lowest BCUT2D eigenvalue weighted by Crippen LogP contribution is -2.20. The van der Waals surface area contributed by atoms with Gasteiger partial charge in [0.2, 0.25) is 0 Å². The second kappa shape index (κ2) is 4.88. The number of hydrogen-bond donors (Lipinski definition) is 1. The van der Waals surface area contributed by atoms with Crippen LogP contribution >= 0.6 is 0 Å². The molecule has 0 spiro atoms. The Labute approximate surface area is 102 Å². The van der Waals surface area contributed by atoms with Gasteiger partial charge in [-0.05, 0) is 6.92 Å². The molecule has 94 valence electrons. The summed E-state index contributed by atoms with van der Waals surface area (Å²) in [6.45, 7) is 1.53. The smallest absolute Gasteiger partial charge is 0.193 e. The molecular weight excluding hydrogens is 238 g/mol. The molecule has 2 N–H and O–H groups in total. The van der Waals surface area contributed by atoms with Crippen molar-refractivity contribution in [2.75, 3.05) is 5.73 Å². The van der Waals surface area contributed by atoms with Crippen molar-refractivity contribution < 1.29 is 14.3 Å². The van der Waals surface area contributed by atoms with Crippen molar-refractivity contribution in [2.24, 2.45) is 0 Å². The van der Waals surface area contributed by atoms with Crippen molar-refractivity contribution in [1.29, 1.82) is 0 Å². The summed E-state index contributed by atoms with van der Waals surface area (Å²) in [6.07, 6.45) is 2.09. The highest BCUT2D eigenvalue weighted by atomic mass is 16.5. The zero-order chi connectivity index (χ0) is 13.1. The van der Waals surface area contributed by atoms with E-state index in [0.717, 1.165) is 0 Å². The minimum atomic E-state index is -0.982. The van der Waals surface area contributed by atoms with Crippen LogP contribution in [0.3, 0.4) is 0 Å². The number of nitrogen functional groups attached to an aromatic ring is 1. The molecule has 2 rings (SSSR count). The maximum Gasteiger partial charge on any atom is 0.193 e. The van der Waals surface area contributed by atoms with E-state index in [1.165, 1.54) is 24.1 Å². The van der Waals surface area contributed by atoms with Gasteiger partial charge in [-0.1, -0.05) is 0 Å². The fourth-order valence-corrected chi connectivity index (χ4v) is 1.47. The van der Waals surface area contributed by atoms with Crippen LogP contribution in [0.15, 0.2) is 12.7 Å². The van der Waals surface area contributed by atoms with E-state index in [1.54, 1.807) is 0 Å². The predicted molar refractivity (Wildman–Crippen MR) is 61.4 cm³/mol. The molecule has 0 fully saturated rings. The molecule has 0 amide bonds. The summed E-state index contributed by atoms with van der Waals surface area (Å²) < 4.78 is 6.62. The average Bonchev–Trinajstić information content (AvgIpc) is 2.81. The molecule has 8 nitrogen and oxygen atoms in total. The maximum absolute atomic E-state index is 11.0. The molecule has 2 heterocycles. The van der Waals surface area contributed by atoms with E-state index in [4.69, 9.17) is 10.5 Å². The van der Waals surface area contributed by atoms with Crippen LogP contribution in [0.2, 0.25) is 0 Å². The third-order valence-electron chi connectivity index (χ3n) is 2.32. The van der Waals surface area contributed by atoms with Gasteiger partial charge >= 0.3 is 0 Å². The third-order valence-corrected chi connectivity index (χ3v) is 2.32. The van der Waals surface area contributed by atoms with Crippen molar-refractivity contribution in [3.63, 3.8) is 0 Å². The topological polar surface area (TPSA) is 113 Å². The Balaban J connectivity index is 2.42. The Morgan fingerprint density at radius 1 is 1.33 bits per heavy atom. The number of aromatic nitrogens is 4. The number of carbonyl (C=O) groups is 2. The first kappa shape index (κ1) is 12.1. The molecule has 0 aliphatic heterocycles. The molecule has 0 saturated carbocycles. The van der Waals surface area contributed by atoms with E-state index in [2.05, 4.69) is 15.0 Å². The SMILES string of the molecule is C[C@@H](C=O)O[C@@H](C=O)n1cnc2c(N)ncnc21. The average molecular weight is 249 g/mol. The van der Waals surface area contributed by atoms with Gasteiger partial charge in [0.25, 0.3) is 0 Å². The summed E-state index contributed by atoms with van der Waals surface area (Å²) in [4.78, 5) is 33.3. The summed E-state index contributed by atoms with van der Waals surface area (Å²) in [7, 11) is 0. The highest BCUT2D eigenvalue weighted by molar-refractivity contribution is 5.81. The highest BCUT2D eigenvalue weighted by Gasteiger charge is 2.18. The van der Waals surface area contributed by atoms with Crippen LogP contribution in [0, 0.1) is 0 Å². The number of nitrogens with zero attached hydrogens (tertiary/aromatic N) is 4. The number of fused-ring (bicyclic) bond motifs is 1. The van der Waals surface area contributed by atoms with Gasteiger partial charge in [0, 0.05) is 0 Å². The molecule has 0 aliphatic rings. The Morgan fingerprint density at radius 2 is 2.11 bits per heavy atom. The second-order valence-electron chi connectivity index (χ2n) is 3.59. The molecule has 0 bridgehead atoms. The molecule has 8 heteroatoms. The number of nitrogens with two attached hydrogens (primary N) is 1. The molecule has 2 atom stereocenters. The molecule has 2 aromatic rings. The number of aldehydes is 2. The summed E-state index contributed by atoms with van der Waals surface area (Å²) >= 11 is 0. The zero-order valence-corrected chi connectivity index (χ0v) is 9.56. The van der Waals surface area contributed by atoms with E-state index in [9.17, 15) is 9.59 Å². The lowest BCUT2D eigenvalue weighted by atomic mass is 10.4. The Hall–Kier alpha value is -2.35. The Morgan fingerprint density at radius 3 is 2.78 bits per heavy atom. The van der Waals surface area contributed by atoms with Crippen molar-refractivity contribution >= 4 is 29.6 Å². The number of ether oxygens (including phenoxy) is 1. The summed E-state index contributed by atoms with van der Waals surface area (Å²) in [6, 6.07) is 0. The van der Waals surface area contributed by atoms with Gasteiger partial charge in [0.1, 0.15) is 24.2 Å². The van der Waals surface area contributed by atoms with Gasteiger partial charge in [-0.3, -0.25) is 9.36 Å². The first-order valence-corrected chi connectivity index (χ1v) is 5.16. The number of hydrogen-bond acceptors (Lipinski definition) is 7. The number of carbonyl (C=O) groups excluding carboxylic acids is 2. The maximum atomic E-state index is 11.0. The lowest BCUT2D eigenvalue weighted by molar-refractivity contribution is -0.134. The van der Waals surface area contributed by atoms with E-state index in [-0.39, 0.29) is 5.82 Å². The highest BCUT2D eigenvalue weighted by Crippen LogP contribution is 2.19. The summed E-state index contributed by atoms with van der Waals surface area (Å²) in [5, 5.41) is 0. The van der Waals surface area contributed by atoms with Crippen molar-refractivity contribution in [3.8, 4) is 0 Å². The van der Waals surface area contributed by atoms with Crippen molar-refractivity contribution in [3.05, 3.63) is 12.7 Å². The fraction of sp³-hybridized carbons (Fsp3) is 0.300. The van der Waals surface area contributed by atoms with Crippen LogP contribution < -0.4 is 5.73 Å². The molecular formula is C10H11N5O3. The normalized spacial score (nSPS) is 14.3.